The highest BCUT2D eigenvalue weighted by molar-refractivity contribution is 8.00. The summed E-state index contributed by atoms with van der Waals surface area (Å²) in [6.07, 6.45) is 1.90. The molecule has 0 aliphatic carbocycles. The highest BCUT2D eigenvalue weighted by Crippen LogP contribution is 2.44. The van der Waals surface area contributed by atoms with E-state index in [1.807, 2.05) is 30.5 Å². The van der Waals surface area contributed by atoms with Gasteiger partial charge in [0.05, 0.1) is 18.1 Å². The van der Waals surface area contributed by atoms with Gasteiger partial charge in [-0.3, -0.25) is 14.9 Å². The molecule has 6 nitrogen and oxygen atoms in total. The second-order valence-corrected chi connectivity index (χ2v) is 6.34. The SMILES string of the molecule is COc1ccc(N2C(=O)[C@@H](SC)[C@H]2c2ccc([N+](=O)[O-])cc2)cc1. The number of amides is 1. The summed E-state index contributed by atoms with van der Waals surface area (Å²) in [6.45, 7) is 0. The van der Waals surface area contributed by atoms with E-state index in [1.165, 1.54) is 23.9 Å². The highest BCUT2D eigenvalue weighted by atomic mass is 32.2. The van der Waals surface area contributed by atoms with Crippen molar-refractivity contribution < 1.29 is 14.5 Å². The zero-order chi connectivity index (χ0) is 17.3. The number of nitrogens with zero attached hydrogens (tertiary/aromatic N) is 2. The van der Waals surface area contributed by atoms with E-state index in [4.69, 9.17) is 4.74 Å². The topological polar surface area (TPSA) is 72.7 Å². The lowest BCUT2D eigenvalue weighted by molar-refractivity contribution is -0.384. The Hall–Kier alpha value is -2.54. The molecule has 3 rings (SSSR count). The summed E-state index contributed by atoms with van der Waals surface area (Å²) in [5.74, 6) is 0.760. The van der Waals surface area contributed by atoms with E-state index in [-0.39, 0.29) is 22.9 Å². The van der Waals surface area contributed by atoms with E-state index in [0.29, 0.717) is 0 Å². The summed E-state index contributed by atoms with van der Waals surface area (Å²) in [5.41, 5.74) is 1.71. The molecule has 0 radical (unpaired) electrons. The number of thioether (sulfide) groups is 1. The lowest BCUT2D eigenvalue weighted by Crippen LogP contribution is -2.57. The Labute approximate surface area is 143 Å². The normalized spacial score (nSPS) is 19.8. The first-order chi connectivity index (χ1) is 11.6. The molecule has 1 fully saturated rings. The zero-order valence-corrected chi connectivity index (χ0v) is 14.0. The van der Waals surface area contributed by atoms with Crippen molar-refractivity contribution in [3.8, 4) is 5.75 Å². The first kappa shape index (κ1) is 16.3. The third-order valence-electron chi connectivity index (χ3n) is 4.10. The average Bonchev–Trinajstić information content (AvgIpc) is 2.60. The summed E-state index contributed by atoms with van der Waals surface area (Å²) >= 11 is 1.49. The molecule has 124 valence electrons. The van der Waals surface area contributed by atoms with Crippen molar-refractivity contribution in [1.29, 1.82) is 0 Å². The van der Waals surface area contributed by atoms with Crippen LogP contribution in [0.1, 0.15) is 11.6 Å². The molecule has 1 saturated heterocycles. The fourth-order valence-electron chi connectivity index (χ4n) is 2.84. The Kier molecular flexibility index (Phi) is 4.44. The van der Waals surface area contributed by atoms with Crippen LogP contribution in [0.3, 0.4) is 0 Å². The van der Waals surface area contributed by atoms with Crippen molar-refractivity contribution in [2.75, 3.05) is 18.3 Å². The summed E-state index contributed by atoms with van der Waals surface area (Å²) in [4.78, 5) is 24.6. The lowest BCUT2D eigenvalue weighted by atomic mass is 9.92. The van der Waals surface area contributed by atoms with Crippen LogP contribution in [0.4, 0.5) is 11.4 Å². The Bertz CT molecular complexity index is 761. The number of hydrogen-bond donors (Lipinski definition) is 0. The molecule has 2 aromatic carbocycles. The zero-order valence-electron chi connectivity index (χ0n) is 13.2. The van der Waals surface area contributed by atoms with E-state index in [9.17, 15) is 14.9 Å². The molecule has 0 aromatic heterocycles. The largest absolute Gasteiger partial charge is 0.497 e. The molecule has 2 aromatic rings. The third kappa shape index (κ3) is 2.71. The van der Waals surface area contributed by atoms with Gasteiger partial charge < -0.3 is 9.64 Å². The molecule has 0 bridgehead atoms. The van der Waals surface area contributed by atoms with E-state index in [2.05, 4.69) is 0 Å². The maximum Gasteiger partial charge on any atom is 0.269 e. The van der Waals surface area contributed by atoms with E-state index in [1.54, 1.807) is 24.1 Å². The predicted octanol–water partition coefficient (Wildman–Crippen LogP) is 3.42. The summed E-state index contributed by atoms with van der Waals surface area (Å²) < 4.78 is 5.15. The fourth-order valence-corrected chi connectivity index (χ4v) is 3.69. The first-order valence-corrected chi connectivity index (χ1v) is 8.60. The lowest BCUT2D eigenvalue weighted by Gasteiger charge is -2.46. The quantitative estimate of drug-likeness (QED) is 0.472. The minimum absolute atomic E-state index is 0.0380. The number of nitro benzene ring substituents is 1. The van der Waals surface area contributed by atoms with Crippen LogP contribution in [0.2, 0.25) is 0 Å². The van der Waals surface area contributed by atoms with Gasteiger partial charge in [0, 0.05) is 17.8 Å². The number of benzene rings is 2. The number of methoxy groups -OCH3 is 1. The number of anilines is 1. The summed E-state index contributed by atoms with van der Waals surface area (Å²) in [5, 5.41) is 10.6. The number of hydrogen-bond acceptors (Lipinski definition) is 5. The molecule has 0 spiro atoms. The van der Waals surface area contributed by atoms with Crippen LogP contribution >= 0.6 is 11.8 Å². The van der Waals surface area contributed by atoms with E-state index < -0.39 is 4.92 Å². The van der Waals surface area contributed by atoms with E-state index >= 15 is 0 Å². The van der Waals surface area contributed by atoms with Gasteiger partial charge in [0.1, 0.15) is 11.0 Å². The van der Waals surface area contributed by atoms with Crippen molar-refractivity contribution in [3.63, 3.8) is 0 Å². The average molecular weight is 344 g/mol. The summed E-state index contributed by atoms with van der Waals surface area (Å²) in [6, 6.07) is 13.5. The van der Waals surface area contributed by atoms with Gasteiger partial charge in [-0.2, -0.15) is 0 Å². The molecule has 1 heterocycles. The van der Waals surface area contributed by atoms with E-state index in [0.717, 1.165) is 17.0 Å². The fraction of sp³-hybridized carbons (Fsp3) is 0.235. The van der Waals surface area contributed by atoms with Gasteiger partial charge in [-0.1, -0.05) is 12.1 Å². The van der Waals surface area contributed by atoms with Crippen molar-refractivity contribution in [2.24, 2.45) is 0 Å². The Morgan fingerprint density at radius 3 is 2.25 bits per heavy atom. The molecule has 1 aliphatic heterocycles. The van der Waals surface area contributed by atoms with Crippen LogP contribution in [-0.2, 0) is 4.79 Å². The predicted molar refractivity (Wildman–Crippen MR) is 93.6 cm³/mol. The standard InChI is InChI=1S/C17H16N2O4S/c1-23-14-9-7-12(8-10-14)18-15(16(24-2)17(18)20)11-3-5-13(6-4-11)19(21)22/h3-10,15-16H,1-2H3/t15-,16+/m1/s1. The molecule has 1 aliphatic rings. The van der Waals surface area contributed by atoms with Crippen LogP contribution in [0.5, 0.6) is 5.75 Å². The number of non-ortho nitro benzene ring substituents is 1. The Morgan fingerprint density at radius 2 is 1.75 bits per heavy atom. The summed E-state index contributed by atoms with van der Waals surface area (Å²) in [7, 11) is 1.59. The molecule has 0 saturated carbocycles. The van der Waals surface area contributed by atoms with Gasteiger partial charge in [-0.15, -0.1) is 11.8 Å². The van der Waals surface area contributed by atoms with Crippen LogP contribution < -0.4 is 9.64 Å². The second-order valence-electron chi connectivity index (χ2n) is 5.36. The number of ether oxygens (including phenoxy) is 1. The minimum atomic E-state index is -0.428. The molecule has 2 atom stereocenters. The number of rotatable bonds is 5. The Balaban J connectivity index is 1.92. The highest BCUT2D eigenvalue weighted by Gasteiger charge is 2.48. The molecule has 7 heteroatoms. The molecule has 1 amide bonds. The van der Waals surface area contributed by atoms with Crippen molar-refractivity contribution in [2.45, 2.75) is 11.3 Å². The van der Waals surface area contributed by atoms with Gasteiger partial charge in [0.15, 0.2) is 0 Å². The van der Waals surface area contributed by atoms with Crippen molar-refractivity contribution >= 4 is 29.0 Å². The van der Waals surface area contributed by atoms with Crippen LogP contribution in [0, 0.1) is 10.1 Å². The van der Waals surface area contributed by atoms with Gasteiger partial charge in [0.25, 0.3) is 5.69 Å². The number of carbonyl (C=O) groups is 1. The first-order valence-electron chi connectivity index (χ1n) is 7.31. The molecule has 0 N–H and O–H groups in total. The third-order valence-corrected chi connectivity index (χ3v) is 5.06. The van der Waals surface area contributed by atoms with Gasteiger partial charge in [0.2, 0.25) is 5.91 Å². The molecular weight excluding hydrogens is 328 g/mol. The molecule has 0 unspecified atom stereocenters. The van der Waals surface area contributed by atoms with Gasteiger partial charge in [-0.05, 0) is 36.1 Å². The number of β-lactam (4-membered cyclic amide) rings is 1. The van der Waals surface area contributed by atoms with Crippen LogP contribution in [-0.4, -0.2) is 29.4 Å². The van der Waals surface area contributed by atoms with Crippen molar-refractivity contribution in [3.05, 3.63) is 64.2 Å². The number of carbonyl (C=O) groups excluding carboxylic acids is 1. The molecular formula is C17H16N2O4S. The maximum absolute atomic E-state index is 12.5. The minimum Gasteiger partial charge on any atom is -0.497 e. The van der Waals surface area contributed by atoms with Crippen molar-refractivity contribution in [1.82, 2.24) is 0 Å². The number of nitro groups is 1. The van der Waals surface area contributed by atoms with Crippen LogP contribution in [0.15, 0.2) is 48.5 Å². The monoisotopic (exact) mass is 344 g/mol. The smallest absolute Gasteiger partial charge is 0.269 e. The molecule has 24 heavy (non-hydrogen) atoms. The van der Waals surface area contributed by atoms with Gasteiger partial charge >= 0.3 is 0 Å². The second kappa shape index (κ2) is 6.52. The van der Waals surface area contributed by atoms with Gasteiger partial charge in [-0.25, -0.2) is 0 Å². The maximum atomic E-state index is 12.5. The van der Waals surface area contributed by atoms with Crippen LogP contribution in [0.25, 0.3) is 0 Å². The Morgan fingerprint density at radius 1 is 1.12 bits per heavy atom.